The zero-order valence-electron chi connectivity index (χ0n) is 33.4. The van der Waals surface area contributed by atoms with Crippen molar-refractivity contribution in [1.82, 2.24) is 14.5 Å². The van der Waals surface area contributed by atoms with Crippen LogP contribution in [0.3, 0.4) is 0 Å². The van der Waals surface area contributed by atoms with E-state index in [1.165, 1.54) is 0 Å². The van der Waals surface area contributed by atoms with Crippen molar-refractivity contribution in [2.45, 2.75) is 13.1 Å². The van der Waals surface area contributed by atoms with E-state index in [1.807, 2.05) is 110 Å². The van der Waals surface area contributed by atoms with Crippen LogP contribution >= 0.6 is 0 Å². The Kier molecular flexibility index (Phi) is 9.54. The van der Waals surface area contributed by atoms with Crippen molar-refractivity contribution in [1.29, 1.82) is 0 Å². The summed E-state index contributed by atoms with van der Waals surface area (Å²) < 4.78 is 44.5. The monoisotopic (exact) mass is 808 g/mol. The Morgan fingerprint density at radius 3 is 1.63 bits per heavy atom. The number of para-hydroxylation sites is 1. The second-order valence-corrected chi connectivity index (χ2v) is 15.3. The zero-order chi connectivity index (χ0) is 42.4. The molecule has 0 bridgehead atoms. The lowest BCUT2D eigenvalue weighted by molar-refractivity contribution is -0.137. The molecule has 0 N–H and O–H groups in total. The van der Waals surface area contributed by atoms with E-state index >= 15 is 0 Å². The number of aromatic nitrogens is 3. The van der Waals surface area contributed by atoms with Crippen molar-refractivity contribution in [2.24, 2.45) is 0 Å². The predicted octanol–water partition coefficient (Wildman–Crippen LogP) is 15.5. The molecule has 0 aliphatic rings. The Hall–Kier alpha value is -8.08. The number of fused-ring (bicyclic) bond motifs is 3. The van der Waals surface area contributed by atoms with Gasteiger partial charge in [-0.3, -0.25) is 0 Å². The summed E-state index contributed by atoms with van der Waals surface area (Å²) in [6.07, 6.45) is -4.50. The van der Waals surface area contributed by atoms with Gasteiger partial charge in [0.15, 0.2) is 11.5 Å². The number of halogens is 3. The summed E-state index contributed by atoms with van der Waals surface area (Å²) in [5.74, 6) is 0.556. The molecular weight excluding hydrogens is 774 g/mol. The molecule has 7 heteroatoms. The molecule has 0 radical (unpaired) electrons. The van der Waals surface area contributed by atoms with Gasteiger partial charge >= 0.3 is 6.18 Å². The standard InChI is InChI=1S/C55H35F3N4/c1-35-17-19-37(20-18-35)46-32-42(50-34-49(39-11-5-3-6-12-39)60-54(61-50)40-13-7-4-8-14-40)33-47(38-21-26-43(27-22-38)55(56,57)58)53(46)62-51-16-10-9-15-45(51)48-31-41(25-30-52(48)62)36-23-28-44(59-2)29-24-36/h3-34H,1H3. The van der Waals surface area contributed by atoms with Crippen molar-refractivity contribution in [3.8, 4) is 73.0 Å². The number of rotatable bonds is 7. The van der Waals surface area contributed by atoms with Crippen molar-refractivity contribution in [3.05, 3.63) is 217 Å². The first-order valence-corrected chi connectivity index (χ1v) is 20.2. The highest BCUT2D eigenvalue weighted by Gasteiger charge is 2.30. The van der Waals surface area contributed by atoms with Crippen LogP contribution in [0.1, 0.15) is 11.1 Å². The molecule has 0 spiro atoms. The third-order valence-corrected chi connectivity index (χ3v) is 11.3. The Morgan fingerprint density at radius 2 is 1.00 bits per heavy atom. The normalized spacial score (nSPS) is 11.5. The predicted molar refractivity (Wildman–Crippen MR) is 245 cm³/mol. The van der Waals surface area contributed by atoms with Crippen molar-refractivity contribution < 1.29 is 13.2 Å². The molecule has 0 saturated heterocycles. The Balaban J connectivity index is 1.30. The fraction of sp³-hybridized carbons (Fsp3) is 0.0364. The molecule has 296 valence electrons. The summed E-state index contributed by atoms with van der Waals surface area (Å²) in [7, 11) is 0. The van der Waals surface area contributed by atoms with Gasteiger partial charge < -0.3 is 4.57 Å². The number of aryl methyl sites for hydroxylation is 1. The highest BCUT2D eigenvalue weighted by atomic mass is 19.4. The van der Waals surface area contributed by atoms with Gasteiger partial charge in [-0.1, -0.05) is 151 Å². The Morgan fingerprint density at radius 1 is 0.468 bits per heavy atom. The van der Waals surface area contributed by atoms with Gasteiger partial charge in [0.1, 0.15) is 0 Å². The number of benzene rings is 8. The summed E-state index contributed by atoms with van der Waals surface area (Å²) >= 11 is 0. The van der Waals surface area contributed by atoms with Crippen LogP contribution in [0, 0.1) is 13.5 Å². The molecule has 2 aromatic heterocycles. The molecule has 4 nitrogen and oxygen atoms in total. The second-order valence-electron chi connectivity index (χ2n) is 15.3. The molecule has 0 atom stereocenters. The topological polar surface area (TPSA) is 35.1 Å². The molecular formula is C55H35F3N4. The average molecular weight is 809 g/mol. The molecule has 62 heavy (non-hydrogen) atoms. The molecule has 0 fully saturated rings. The number of alkyl halides is 3. The van der Waals surface area contributed by atoms with Crippen LogP contribution in [0.4, 0.5) is 18.9 Å². The van der Waals surface area contributed by atoms with E-state index in [4.69, 9.17) is 16.5 Å². The smallest absolute Gasteiger partial charge is 0.308 e. The van der Waals surface area contributed by atoms with E-state index in [0.29, 0.717) is 22.8 Å². The maximum atomic E-state index is 14.1. The van der Waals surface area contributed by atoms with Gasteiger partial charge in [0.2, 0.25) is 0 Å². The lowest BCUT2D eigenvalue weighted by Crippen LogP contribution is -2.05. The molecule has 10 aromatic rings. The summed E-state index contributed by atoms with van der Waals surface area (Å²) in [5.41, 5.74) is 12.8. The van der Waals surface area contributed by atoms with Gasteiger partial charge in [0.05, 0.1) is 40.2 Å². The molecule has 2 heterocycles. The van der Waals surface area contributed by atoms with Gasteiger partial charge in [-0.2, -0.15) is 13.2 Å². The van der Waals surface area contributed by atoms with E-state index in [2.05, 4.69) is 76.1 Å². The Bertz CT molecular complexity index is 3250. The largest absolute Gasteiger partial charge is 0.416 e. The van der Waals surface area contributed by atoms with Crippen LogP contribution < -0.4 is 0 Å². The summed E-state index contributed by atoms with van der Waals surface area (Å²) in [6, 6.07) is 61.9. The zero-order valence-corrected chi connectivity index (χ0v) is 33.4. The minimum Gasteiger partial charge on any atom is -0.308 e. The fourth-order valence-electron chi connectivity index (χ4n) is 8.23. The Labute approximate surface area is 356 Å². The highest BCUT2D eigenvalue weighted by Crippen LogP contribution is 2.45. The molecule has 0 unspecified atom stereocenters. The second kappa shape index (κ2) is 15.5. The van der Waals surface area contributed by atoms with Gasteiger partial charge in [-0.05, 0) is 77.7 Å². The van der Waals surface area contributed by atoms with Crippen molar-refractivity contribution in [2.75, 3.05) is 0 Å². The number of hydrogen-bond donors (Lipinski definition) is 0. The summed E-state index contributed by atoms with van der Waals surface area (Å²) in [6.45, 7) is 9.47. The van der Waals surface area contributed by atoms with Crippen molar-refractivity contribution >= 4 is 27.5 Å². The summed E-state index contributed by atoms with van der Waals surface area (Å²) in [4.78, 5) is 13.8. The first kappa shape index (κ1) is 38.1. The van der Waals surface area contributed by atoms with Crippen LogP contribution in [0.2, 0.25) is 0 Å². The van der Waals surface area contributed by atoms with Crippen LogP contribution in [-0.4, -0.2) is 14.5 Å². The maximum Gasteiger partial charge on any atom is 0.416 e. The van der Waals surface area contributed by atoms with E-state index in [0.717, 1.165) is 95.4 Å². The summed E-state index contributed by atoms with van der Waals surface area (Å²) in [5, 5.41) is 2.04. The minimum absolute atomic E-state index is 0.556. The van der Waals surface area contributed by atoms with Crippen LogP contribution in [0.15, 0.2) is 194 Å². The van der Waals surface area contributed by atoms with E-state index in [1.54, 1.807) is 12.1 Å². The van der Waals surface area contributed by atoms with Gasteiger partial charge in [-0.25, -0.2) is 14.8 Å². The van der Waals surface area contributed by atoms with Crippen LogP contribution in [0.25, 0.3) is 99.6 Å². The van der Waals surface area contributed by atoms with Crippen LogP contribution in [0.5, 0.6) is 0 Å². The van der Waals surface area contributed by atoms with E-state index < -0.39 is 11.7 Å². The first-order valence-electron chi connectivity index (χ1n) is 20.2. The maximum absolute atomic E-state index is 14.1. The molecule has 0 aliphatic heterocycles. The quantitative estimate of drug-likeness (QED) is 0.150. The van der Waals surface area contributed by atoms with Crippen LogP contribution in [-0.2, 0) is 6.18 Å². The molecule has 10 rings (SSSR count). The first-order chi connectivity index (χ1) is 30.2. The van der Waals surface area contributed by atoms with Gasteiger partial charge in [0, 0.05) is 38.6 Å². The SMILES string of the molecule is [C-]#[N+]c1ccc(-c2ccc3c(c2)c2ccccc2n3-c2c(-c3ccc(C)cc3)cc(-c3cc(-c4ccccc4)nc(-c4ccccc4)n3)cc2-c2ccc(C(F)(F)F)cc2)cc1. The lowest BCUT2D eigenvalue weighted by Gasteiger charge is -2.22. The minimum atomic E-state index is -4.50. The van der Waals surface area contributed by atoms with Gasteiger partial charge in [0.25, 0.3) is 0 Å². The van der Waals surface area contributed by atoms with E-state index in [-0.39, 0.29) is 0 Å². The number of hydrogen-bond acceptors (Lipinski definition) is 2. The molecule has 0 amide bonds. The third-order valence-electron chi connectivity index (χ3n) is 11.3. The van der Waals surface area contributed by atoms with Crippen molar-refractivity contribution in [3.63, 3.8) is 0 Å². The highest BCUT2D eigenvalue weighted by molar-refractivity contribution is 6.12. The molecule has 0 saturated carbocycles. The lowest BCUT2D eigenvalue weighted by atomic mass is 9.91. The van der Waals surface area contributed by atoms with Gasteiger partial charge in [-0.15, -0.1) is 0 Å². The fourth-order valence-corrected chi connectivity index (χ4v) is 8.23. The number of nitrogens with zero attached hydrogens (tertiary/aromatic N) is 4. The third kappa shape index (κ3) is 7.08. The molecule has 8 aromatic carbocycles. The van der Waals surface area contributed by atoms with E-state index in [9.17, 15) is 13.2 Å². The molecule has 0 aliphatic carbocycles. The average Bonchev–Trinajstić information content (AvgIpc) is 3.65.